The number of aliphatic carboxylic acids is 1. The summed E-state index contributed by atoms with van der Waals surface area (Å²) in [5.74, 6) is -1.16. The Bertz CT molecular complexity index is 680. The minimum atomic E-state index is -0.970. The van der Waals surface area contributed by atoms with Crippen molar-refractivity contribution in [2.24, 2.45) is 5.73 Å². The van der Waals surface area contributed by atoms with E-state index in [4.69, 9.17) is 5.73 Å². The number of aliphatic hydroxyl groups is 1. The van der Waals surface area contributed by atoms with Gasteiger partial charge >= 0.3 is 5.97 Å². The van der Waals surface area contributed by atoms with E-state index in [2.05, 4.69) is 11.9 Å². The Hall–Kier alpha value is -2.38. The molecule has 2 rings (SSSR count). The molecule has 7 nitrogen and oxygen atoms in total. The number of likely N-dealkylation sites (tertiary alicyclic amines) is 1. The third kappa shape index (κ3) is 6.87. The number of unbranched alkanes of at least 4 members (excludes halogenated alkanes) is 1. The van der Waals surface area contributed by atoms with Crippen molar-refractivity contribution < 1.29 is 19.8 Å². The lowest BCUT2D eigenvalue weighted by molar-refractivity contribution is -0.141. The van der Waals surface area contributed by atoms with E-state index in [1.54, 1.807) is 4.90 Å². The highest BCUT2D eigenvalue weighted by Gasteiger charge is 2.36. The highest BCUT2D eigenvalue weighted by molar-refractivity contribution is 5.84. The minimum absolute atomic E-state index is 0.0181. The molecule has 1 aliphatic rings. The number of hydrogen-bond donors (Lipinski definition) is 4. The van der Waals surface area contributed by atoms with Gasteiger partial charge in [0, 0.05) is 6.54 Å². The molecular formula is C22H33N3O4. The number of nitrogens with two attached hydrogens (primary N) is 1. The summed E-state index contributed by atoms with van der Waals surface area (Å²) in [5.41, 5.74) is 6.64. The lowest BCUT2D eigenvalue weighted by Crippen LogP contribution is -2.53. The summed E-state index contributed by atoms with van der Waals surface area (Å²) in [7, 11) is 0. The van der Waals surface area contributed by atoms with Crippen LogP contribution < -0.4 is 11.1 Å². The number of carboxylic acids is 1. The number of nitrogens with one attached hydrogen (secondary N) is 1. The Morgan fingerprint density at radius 2 is 1.90 bits per heavy atom. The van der Waals surface area contributed by atoms with Gasteiger partial charge in [0.2, 0.25) is 5.91 Å². The van der Waals surface area contributed by atoms with Crippen molar-refractivity contribution in [1.29, 1.82) is 0 Å². The summed E-state index contributed by atoms with van der Waals surface area (Å²) in [5, 5.41) is 22.6. The predicted molar refractivity (Wildman–Crippen MR) is 113 cm³/mol. The maximum Gasteiger partial charge on any atom is 0.320 e. The predicted octanol–water partition coefficient (Wildman–Crippen LogP) is 2.22. The van der Waals surface area contributed by atoms with Crippen LogP contribution in [-0.2, 0) is 16.0 Å². The molecule has 1 amide bonds. The molecule has 1 heterocycles. The van der Waals surface area contributed by atoms with Gasteiger partial charge in [0.05, 0.1) is 12.1 Å². The van der Waals surface area contributed by atoms with E-state index < -0.39 is 24.1 Å². The van der Waals surface area contributed by atoms with Gasteiger partial charge in [-0.3, -0.25) is 14.9 Å². The van der Waals surface area contributed by atoms with Crippen LogP contribution in [0.25, 0.3) is 0 Å². The number of benzene rings is 1. The second-order valence-corrected chi connectivity index (χ2v) is 7.60. The molecule has 7 heteroatoms. The monoisotopic (exact) mass is 403 g/mol. The Balaban J connectivity index is 2.08. The summed E-state index contributed by atoms with van der Waals surface area (Å²) >= 11 is 0. The van der Waals surface area contributed by atoms with Gasteiger partial charge in [-0.2, -0.15) is 0 Å². The van der Waals surface area contributed by atoms with Crippen LogP contribution >= 0.6 is 0 Å². The van der Waals surface area contributed by atoms with Gasteiger partial charge < -0.3 is 20.8 Å². The SMILES string of the molecule is C=C(O)[C@@H]1CCCN1C(=O)[C@H](CCCCN)N[C@@H](CCc1ccccc1)C(=O)O. The van der Waals surface area contributed by atoms with Crippen LogP contribution in [0.3, 0.4) is 0 Å². The van der Waals surface area contributed by atoms with Crippen LogP contribution in [0.4, 0.5) is 0 Å². The Labute approximate surface area is 172 Å². The smallest absolute Gasteiger partial charge is 0.320 e. The molecule has 160 valence electrons. The van der Waals surface area contributed by atoms with E-state index in [-0.39, 0.29) is 11.7 Å². The summed E-state index contributed by atoms with van der Waals surface area (Å²) in [6.07, 6.45) is 4.46. The van der Waals surface area contributed by atoms with Crippen molar-refractivity contribution >= 4 is 11.9 Å². The number of aliphatic hydroxyl groups excluding tert-OH is 1. The minimum Gasteiger partial charge on any atom is -0.511 e. The van der Waals surface area contributed by atoms with E-state index in [1.165, 1.54) is 0 Å². The first kappa shape index (κ1) is 22.9. The average molecular weight is 404 g/mol. The van der Waals surface area contributed by atoms with Crippen molar-refractivity contribution in [2.75, 3.05) is 13.1 Å². The number of amides is 1. The molecule has 0 aliphatic carbocycles. The summed E-state index contributed by atoms with van der Waals surface area (Å²) < 4.78 is 0. The van der Waals surface area contributed by atoms with Crippen LogP contribution in [0, 0.1) is 0 Å². The molecule has 1 saturated heterocycles. The summed E-state index contributed by atoms with van der Waals surface area (Å²) in [6.45, 7) is 4.65. The molecule has 1 aromatic carbocycles. The molecule has 0 saturated carbocycles. The van der Waals surface area contributed by atoms with Gasteiger partial charge in [0.15, 0.2) is 0 Å². The number of carbonyl (C=O) groups is 2. The molecule has 0 bridgehead atoms. The highest BCUT2D eigenvalue weighted by atomic mass is 16.4. The fourth-order valence-electron chi connectivity index (χ4n) is 3.82. The molecule has 3 atom stereocenters. The number of nitrogens with zero attached hydrogens (tertiary/aromatic N) is 1. The van der Waals surface area contributed by atoms with Gasteiger partial charge in [0.25, 0.3) is 0 Å². The zero-order chi connectivity index (χ0) is 21.2. The molecule has 0 radical (unpaired) electrons. The molecule has 0 aromatic heterocycles. The zero-order valence-electron chi connectivity index (χ0n) is 16.9. The quantitative estimate of drug-likeness (QED) is 0.314. The zero-order valence-corrected chi connectivity index (χ0v) is 16.9. The third-order valence-corrected chi connectivity index (χ3v) is 5.43. The fourth-order valence-corrected chi connectivity index (χ4v) is 3.82. The van der Waals surface area contributed by atoms with Crippen molar-refractivity contribution in [3.8, 4) is 0 Å². The molecular weight excluding hydrogens is 370 g/mol. The van der Waals surface area contributed by atoms with Gasteiger partial charge in [-0.05, 0) is 50.6 Å². The first-order valence-corrected chi connectivity index (χ1v) is 10.3. The van der Waals surface area contributed by atoms with E-state index in [9.17, 15) is 19.8 Å². The molecule has 0 unspecified atom stereocenters. The first-order valence-electron chi connectivity index (χ1n) is 10.3. The van der Waals surface area contributed by atoms with Crippen LogP contribution in [0.15, 0.2) is 42.7 Å². The summed E-state index contributed by atoms with van der Waals surface area (Å²) in [6, 6.07) is 7.84. The Morgan fingerprint density at radius 1 is 1.17 bits per heavy atom. The largest absolute Gasteiger partial charge is 0.511 e. The number of hydrogen-bond acceptors (Lipinski definition) is 5. The lowest BCUT2D eigenvalue weighted by Gasteiger charge is -2.30. The van der Waals surface area contributed by atoms with Gasteiger partial charge in [0.1, 0.15) is 11.8 Å². The second kappa shape index (κ2) is 11.6. The normalized spacial score (nSPS) is 18.4. The maximum atomic E-state index is 13.2. The fraction of sp³-hybridized carbons (Fsp3) is 0.545. The maximum absolute atomic E-state index is 13.2. The summed E-state index contributed by atoms with van der Waals surface area (Å²) in [4.78, 5) is 26.6. The Morgan fingerprint density at radius 3 is 2.52 bits per heavy atom. The van der Waals surface area contributed by atoms with Crippen molar-refractivity contribution in [3.05, 3.63) is 48.2 Å². The molecule has 1 aromatic rings. The molecule has 29 heavy (non-hydrogen) atoms. The van der Waals surface area contributed by atoms with Gasteiger partial charge in [-0.15, -0.1) is 0 Å². The average Bonchev–Trinajstić information content (AvgIpc) is 3.20. The number of carboxylic acid groups (broad SMARTS) is 1. The lowest BCUT2D eigenvalue weighted by atomic mass is 10.0. The first-order chi connectivity index (χ1) is 13.9. The number of rotatable bonds is 12. The number of carbonyl (C=O) groups excluding carboxylic acids is 1. The standard InChI is InChI=1S/C22H33N3O4/c1-16(26)20-11-7-15-25(20)21(27)18(10-5-6-14-23)24-19(22(28)29)13-12-17-8-3-2-4-9-17/h2-4,8-9,18-20,24,26H,1,5-7,10-15,23H2,(H,28,29)/t18-,19-,20-/m0/s1. The van der Waals surface area contributed by atoms with Crippen LogP contribution in [0.2, 0.25) is 0 Å². The molecule has 0 spiro atoms. The van der Waals surface area contributed by atoms with E-state index in [1.807, 2.05) is 30.3 Å². The van der Waals surface area contributed by atoms with Crippen molar-refractivity contribution in [1.82, 2.24) is 10.2 Å². The second-order valence-electron chi connectivity index (χ2n) is 7.60. The number of aryl methyl sites for hydroxylation is 1. The molecule has 1 fully saturated rings. The highest BCUT2D eigenvalue weighted by Crippen LogP contribution is 2.23. The van der Waals surface area contributed by atoms with Crippen LogP contribution in [-0.4, -0.2) is 58.2 Å². The van der Waals surface area contributed by atoms with E-state index in [0.717, 1.165) is 24.8 Å². The third-order valence-electron chi connectivity index (χ3n) is 5.43. The molecule has 5 N–H and O–H groups in total. The van der Waals surface area contributed by atoms with Gasteiger partial charge in [-0.1, -0.05) is 43.3 Å². The van der Waals surface area contributed by atoms with Crippen molar-refractivity contribution in [2.45, 2.75) is 63.1 Å². The van der Waals surface area contributed by atoms with Crippen molar-refractivity contribution in [3.63, 3.8) is 0 Å². The topological polar surface area (TPSA) is 116 Å². The van der Waals surface area contributed by atoms with Gasteiger partial charge in [-0.25, -0.2) is 0 Å². The van der Waals surface area contributed by atoms with Crippen LogP contribution in [0.5, 0.6) is 0 Å². The van der Waals surface area contributed by atoms with E-state index in [0.29, 0.717) is 38.8 Å². The molecule has 1 aliphatic heterocycles. The van der Waals surface area contributed by atoms with E-state index >= 15 is 0 Å². The Kier molecular flexibility index (Phi) is 9.15. The van der Waals surface area contributed by atoms with Crippen LogP contribution in [0.1, 0.15) is 44.1 Å².